The molecule has 1 rings (SSSR count). The van der Waals surface area contributed by atoms with Gasteiger partial charge in [-0.05, 0) is 38.8 Å². The Hall–Kier alpha value is -1.80. The van der Waals surface area contributed by atoms with E-state index >= 15 is 0 Å². The summed E-state index contributed by atoms with van der Waals surface area (Å²) in [6.45, 7) is 8.90. The van der Waals surface area contributed by atoms with Crippen LogP contribution >= 0.6 is 0 Å². The van der Waals surface area contributed by atoms with Gasteiger partial charge in [-0.1, -0.05) is 12.1 Å². The molecule has 0 spiro atoms. The third-order valence-electron chi connectivity index (χ3n) is 3.28. The van der Waals surface area contributed by atoms with Crippen LogP contribution in [0.15, 0.2) is 23.2 Å². The molecule has 0 aromatic heterocycles. The Bertz CT molecular complexity index is 660. The van der Waals surface area contributed by atoms with Crippen LogP contribution in [-0.4, -0.2) is 46.9 Å². The molecule has 7 nitrogen and oxygen atoms in total. The van der Waals surface area contributed by atoms with Gasteiger partial charge in [0.2, 0.25) is 10.0 Å². The van der Waals surface area contributed by atoms with E-state index in [1.54, 1.807) is 0 Å². The van der Waals surface area contributed by atoms with Crippen molar-refractivity contribution in [2.75, 3.05) is 32.5 Å². The Morgan fingerprint density at radius 2 is 1.96 bits per heavy atom. The highest BCUT2D eigenvalue weighted by atomic mass is 32.2. The fourth-order valence-corrected chi connectivity index (χ4v) is 2.66. The molecule has 0 amide bonds. The van der Waals surface area contributed by atoms with Crippen molar-refractivity contribution in [3.63, 3.8) is 0 Å². The van der Waals surface area contributed by atoms with E-state index in [0.29, 0.717) is 38.6 Å². The molecule has 1 aromatic rings. The molecule has 0 fully saturated rings. The van der Waals surface area contributed by atoms with Crippen molar-refractivity contribution in [2.24, 2.45) is 4.99 Å². The first-order chi connectivity index (χ1) is 11.9. The third kappa shape index (κ3) is 9.31. The van der Waals surface area contributed by atoms with Crippen molar-refractivity contribution in [2.45, 2.75) is 33.7 Å². The van der Waals surface area contributed by atoms with Crippen molar-refractivity contribution >= 4 is 16.0 Å². The number of aliphatic imine (C=N–C) groups is 1. The van der Waals surface area contributed by atoms with Crippen LogP contribution in [0, 0.1) is 6.92 Å². The zero-order chi connectivity index (χ0) is 18.7. The lowest BCUT2D eigenvalue weighted by molar-refractivity contribution is 0.336. The fraction of sp³-hybridized carbons (Fsp3) is 0.588. The second-order valence-corrected chi connectivity index (χ2v) is 7.52. The predicted octanol–water partition coefficient (Wildman–Crippen LogP) is 1.39. The molecule has 0 saturated carbocycles. The maximum Gasteiger partial charge on any atom is 0.208 e. The number of sulfonamides is 1. The Labute approximate surface area is 151 Å². The zero-order valence-electron chi connectivity index (χ0n) is 15.6. The lowest BCUT2D eigenvalue weighted by Gasteiger charge is -2.13. The predicted molar refractivity (Wildman–Crippen MR) is 103 cm³/mol. The Morgan fingerprint density at radius 3 is 2.60 bits per heavy atom. The van der Waals surface area contributed by atoms with Gasteiger partial charge in [-0.3, -0.25) is 0 Å². The monoisotopic (exact) mass is 370 g/mol. The number of guanidine groups is 1. The number of nitrogens with zero attached hydrogens (tertiary/aromatic N) is 1. The summed E-state index contributed by atoms with van der Waals surface area (Å²) < 4.78 is 30.2. The number of aryl methyl sites for hydroxylation is 1. The molecule has 0 atom stereocenters. The molecule has 8 heteroatoms. The van der Waals surface area contributed by atoms with Gasteiger partial charge in [0, 0.05) is 25.2 Å². The topological polar surface area (TPSA) is 91.8 Å². The highest BCUT2D eigenvalue weighted by molar-refractivity contribution is 7.88. The molecule has 0 saturated heterocycles. The molecule has 0 heterocycles. The van der Waals surface area contributed by atoms with Crippen molar-refractivity contribution in [3.8, 4) is 5.75 Å². The first kappa shape index (κ1) is 21.2. The molecule has 0 aliphatic carbocycles. The number of rotatable bonds is 10. The van der Waals surface area contributed by atoms with Gasteiger partial charge in [-0.25, -0.2) is 18.1 Å². The molecule has 0 radical (unpaired) electrons. The van der Waals surface area contributed by atoms with Gasteiger partial charge in [0.15, 0.2) is 5.96 Å². The molecule has 1 aromatic carbocycles. The average molecular weight is 371 g/mol. The van der Waals surface area contributed by atoms with E-state index in [1.165, 1.54) is 0 Å². The Kier molecular flexibility index (Phi) is 9.30. The molecule has 25 heavy (non-hydrogen) atoms. The lowest BCUT2D eigenvalue weighted by Crippen LogP contribution is -2.38. The molecule has 0 bridgehead atoms. The van der Waals surface area contributed by atoms with Crippen LogP contribution in [0.3, 0.4) is 0 Å². The quantitative estimate of drug-likeness (QED) is 0.329. The lowest BCUT2D eigenvalue weighted by atomic mass is 10.1. The van der Waals surface area contributed by atoms with Gasteiger partial charge >= 0.3 is 0 Å². The van der Waals surface area contributed by atoms with E-state index < -0.39 is 10.0 Å². The van der Waals surface area contributed by atoms with Crippen molar-refractivity contribution < 1.29 is 13.2 Å². The zero-order valence-corrected chi connectivity index (χ0v) is 16.4. The van der Waals surface area contributed by atoms with Gasteiger partial charge in [0.25, 0.3) is 0 Å². The molecule has 3 N–H and O–H groups in total. The molecular weight excluding hydrogens is 340 g/mol. The van der Waals surface area contributed by atoms with Crippen molar-refractivity contribution in [3.05, 3.63) is 29.3 Å². The molecule has 142 valence electrons. The van der Waals surface area contributed by atoms with E-state index in [-0.39, 0.29) is 0 Å². The van der Waals surface area contributed by atoms with Gasteiger partial charge in [0.1, 0.15) is 5.75 Å². The van der Waals surface area contributed by atoms with Crippen LogP contribution in [0.25, 0.3) is 0 Å². The summed E-state index contributed by atoms with van der Waals surface area (Å²) in [4.78, 5) is 4.58. The van der Waals surface area contributed by atoms with Gasteiger partial charge in [0.05, 0.1) is 19.4 Å². The average Bonchev–Trinajstić information content (AvgIpc) is 2.52. The molecule has 0 aliphatic heterocycles. The summed E-state index contributed by atoms with van der Waals surface area (Å²) in [5, 5.41) is 6.39. The minimum atomic E-state index is -3.13. The van der Waals surface area contributed by atoms with E-state index in [1.807, 2.05) is 39.0 Å². The second kappa shape index (κ2) is 10.9. The smallest absolute Gasteiger partial charge is 0.208 e. The van der Waals surface area contributed by atoms with Crippen LogP contribution in [-0.2, 0) is 16.6 Å². The molecule has 0 unspecified atom stereocenters. The normalized spacial score (nSPS) is 12.1. The number of hydrogen-bond acceptors (Lipinski definition) is 4. The van der Waals surface area contributed by atoms with Gasteiger partial charge in [-0.2, -0.15) is 0 Å². The van der Waals surface area contributed by atoms with E-state index in [9.17, 15) is 8.42 Å². The van der Waals surface area contributed by atoms with Gasteiger partial charge in [-0.15, -0.1) is 0 Å². The third-order valence-corrected chi connectivity index (χ3v) is 4.01. The Balaban J connectivity index is 2.60. The number of nitrogens with one attached hydrogen (secondary N) is 3. The minimum Gasteiger partial charge on any atom is -0.494 e. The van der Waals surface area contributed by atoms with Crippen LogP contribution in [0.2, 0.25) is 0 Å². The van der Waals surface area contributed by atoms with E-state index in [0.717, 1.165) is 29.7 Å². The van der Waals surface area contributed by atoms with Crippen molar-refractivity contribution in [1.82, 2.24) is 15.4 Å². The summed E-state index contributed by atoms with van der Waals surface area (Å²) in [6, 6.07) is 6.10. The fourth-order valence-electron chi connectivity index (χ4n) is 2.14. The second-order valence-electron chi connectivity index (χ2n) is 5.69. The van der Waals surface area contributed by atoms with Crippen LogP contribution in [0.5, 0.6) is 5.75 Å². The highest BCUT2D eigenvalue weighted by Gasteiger charge is 2.05. The van der Waals surface area contributed by atoms with Crippen LogP contribution in [0.1, 0.15) is 31.4 Å². The van der Waals surface area contributed by atoms with Crippen LogP contribution < -0.4 is 20.1 Å². The molecular formula is C17H30N4O3S. The first-order valence-corrected chi connectivity index (χ1v) is 10.4. The number of ether oxygens (including phenoxy) is 1. The number of benzene rings is 1. The molecule has 0 aliphatic rings. The highest BCUT2D eigenvalue weighted by Crippen LogP contribution is 2.21. The van der Waals surface area contributed by atoms with Crippen molar-refractivity contribution in [1.29, 1.82) is 0 Å². The van der Waals surface area contributed by atoms with Gasteiger partial charge < -0.3 is 15.4 Å². The largest absolute Gasteiger partial charge is 0.494 e. The number of hydrogen-bond donors (Lipinski definition) is 3. The summed E-state index contributed by atoms with van der Waals surface area (Å²) in [7, 11) is -3.13. The summed E-state index contributed by atoms with van der Waals surface area (Å²) >= 11 is 0. The standard InChI is InChI=1S/C17H30N4O3S/c1-5-18-17(19-10-7-11-21-25(4,22)23)20-13-15-9-8-14(3)12-16(15)24-6-2/h8-9,12,21H,5-7,10-11,13H2,1-4H3,(H2,18,19,20). The minimum absolute atomic E-state index is 0.400. The maximum atomic E-state index is 11.0. The Morgan fingerprint density at radius 1 is 1.20 bits per heavy atom. The summed E-state index contributed by atoms with van der Waals surface area (Å²) in [5.74, 6) is 1.56. The van der Waals surface area contributed by atoms with Crippen LogP contribution in [0.4, 0.5) is 0 Å². The van der Waals surface area contributed by atoms with E-state index in [2.05, 4.69) is 20.3 Å². The van der Waals surface area contributed by atoms with E-state index in [4.69, 9.17) is 4.74 Å². The maximum absolute atomic E-state index is 11.0. The summed E-state index contributed by atoms with van der Waals surface area (Å²) in [5.41, 5.74) is 2.18. The SMILES string of the molecule is CCNC(=NCc1ccc(C)cc1OCC)NCCCNS(C)(=O)=O. The summed E-state index contributed by atoms with van der Waals surface area (Å²) in [6.07, 6.45) is 1.83. The first-order valence-electron chi connectivity index (χ1n) is 8.54.